The normalized spacial score (nSPS) is 50.2. The van der Waals surface area contributed by atoms with E-state index in [1.165, 1.54) is 51.4 Å². The molecule has 2 unspecified atom stereocenters. The predicted molar refractivity (Wildman–Crippen MR) is 97.5 cm³/mol. The van der Waals surface area contributed by atoms with Crippen LogP contribution in [0.4, 0.5) is 0 Å². The van der Waals surface area contributed by atoms with Crippen molar-refractivity contribution in [3.05, 3.63) is 30.9 Å². The molecule has 0 saturated heterocycles. The Hall–Kier alpha value is -1.05. The number of fused-ring (bicyclic) bond motifs is 5. The number of aromatic nitrogens is 2. The summed E-state index contributed by atoms with van der Waals surface area (Å²) in [7, 11) is 0. The lowest BCUT2D eigenvalue weighted by Gasteiger charge is -2.59. The van der Waals surface area contributed by atoms with Gasteiger partial charge >= 0.3 is 0 Å². The van der Waals surface area contributed by atoms with Gasteiger partial charge in [0.05, 0.1) is 12.4 Å². The van der Waals surface area contributed by atoms with Crippen LogP contribution in [0, 0.1) is 34.5 Å². The monoisotopic (exact) mass is 324 g/mol. The van der Waals surface area contributed by atoms with E-state index in [0.717, 1.165) is 23.7 Å². The second-order valence-corrected chi connectivity index (χ2v) is 9.82. The highest BCUT2D eigenvalue weighted by Gasteiger charge is 2.57. The zero-order chi connectivity index (χ0) is 16.4. The molecule has 3 saturated carbocycles. The highest BCUT2D eigenvalue weighted by molar-refractivity contribution is 5.15. The van der Waals surface area contributed by atoms with E-state index < -0.39 is 0 Å². The van der Waals surface area contributed by atoms with E-state index in [0.29, 0.717) is 16.9 Å². The second kappa shape index (κ2) is 5.22. The molecule has 130 valence electrons. The molecule has 2 nitrogen and oxygen atoms in total. The van der Waals surface area contributed by atoms with Crippen molar-refractivity contribution in [3.8, 4) is 0 Å². The quantitative estimate of drug-likeness (QED) is 0.612. The van der Waals surface area contributed by atoms with Crippen molar-refractivity contribution in [2.45, 2.75) is 71.3 Å². The van der Waals surface area contributed by atoms with Crippen molar-refractivity contribution in [1.82, 2.24) is 9.55 Å². The molecule has 1 aromatic rings. The molecule has 1 aromatic heterocycles. The summed E-state index contributed by atoms with van der Waals surface area (Å²) in [6, 6.07) is 0.518. The summed E-state index contributed by atoms with van der Waals surface area (Å²) in [6.45, 7) is 5.25. The maximum absolute atomic E-state index is 4.29. The average molecular weight is 325 g/mol. The van der Waals surface area contributed by atoms with E-state index in [4.69, 9.17) is 0 Å². The molecular weight excluding hydrogens is 292 g/mol. The van der Waals surface area contributed by atoms with E-state index >= 15 is 0 Å². The highest BCUT2D eigenvalue weighted by Crippen LogP contribution is 2.66. The minimum atomic E-state index is 0.497. The van der Waals surface area contributed by atoms with Gasteiger partial charge in [-0.3, -0.25) is 0 Å². The first-order valence-corrected chi connectivity index (χ1v) is 10.3. The molecule has 4 aliphatic carbocycles. The van der Waals surface area contributed by atoms with Crippen molar-refractivity contribution in [2.24, 2.45) is 34.5 Å². The van der Waals surface area contributed by atoms with Crippen LogP contribution in [0.15, 0.2) is 30.9 Å². The molecule has 5 rings (SSSR count). The number of nitrogens with zero attached hydrogens (tertiary/aromatic N) is 2. The fourth-order valence-corrected chi connectivity index (χ4v) is 7.55. The topological polar surface area (TPSA) is 17.8 Å². The van der Waals surface area contributed by atoms with Gasteiger partial charge in [0.15, 0.2) is 0 Å². The molecule has 0 radical (unpaired) electrons. The molecule has 24 heavy (non-hydrogen) atoms. The van der Waals surface area contributed by atoms with Crippen LogP contribution >= 0.6 is 0 Å². The van der Waals surface area contributed by atoms with Crippen LogP contribution in [0.3, 0.4) is 0 Å². The molecule has 0 N–H and O–H groups in total. The van der Waals surface area contributed by atoms with Gasteiger partial charge in [0.25, 0.3) is 0 Å². The fourth-order valence-electron chi connectivity index (χ4n) is 7.55. The van der Waals surface area contributed by atoms with E-state index in [9.17, 15) is 0 Å². The maximum atomic E-state index is 4.29. The van der Waals surface area contributed by atoms with Gasteiger partial charge in [-0.2, -0.15) is 0 Å². The van der Waals surface area contributed by atoms with Crippen molar-refractivity contribution in [2.75, 3.05) is 0 Å². The van der Waals surface area contributed by atoms with Crippen LogP contribution in [0.1, 0.15) is 71.3 Å². The summed E-state index contributed by atoms with van der Waals surface area (Å²) >= 11 is 0. The number of imidazole rings is 1. The second-order valence-electron chi connectivity index (χ2n) is 9.82. The first kappa shape index (κ1) is 15.2. The van der Waals surface area contributed by atoms with Crippen molar-refractivity contribution in [3.63, 3.8) is 0 Å². The number of allylic oxidation sites excluding steroid dienone is 2. The summed E-state index contributed by atoms with van der Waals surface area (Å²) in [5.41, 5.74) is 1.18. The summed E-state index contributed by atoms with van der Waals surface area (Å²) in [6.07, 6.45) is 22.8. The SMILES string of the molecule is C[C@@]12CCC[C@H]1[C@@H]1CCC3C=CC(n4ccnc4)C[C@]3(C)[C@H]1CC2. The number of hydrogen-bond donors (Lipinski definition) is 0. The first-order chi connectivity index (χ1) is 11.6. The molecule has 0 bridgehead atoms. The van der Waals surface area contributed by atoms with Gasteiger partial charge < -0.3 is 4.57 Å². The lowest BCUT2D eigenvalue weighted by Crippen LogP contribution is -2.52. The van der Waals surface area contributed by atoms with Gasteiger partial charge in [-0.25, -0.2) is 4.98 Å². The summed E-state index contributed by atoms with van der Waals surface area (Å²) in [5.74, 6) is 3.78. The minimum absolute atomic E-state index is 0.497. The van der Waals surface area contributed by atoms with Crippen molar-refractivity contribution >= 4 is 0 Å². The molecule has 7 atom stereocenters. The van der Waals surface area contributed by atoms with Gasteiger partial charge in [-0.15, -0.1) is 0 Å². The molecule has 3 fully saturated rings. The van der Waals surface area contributed by atoms with Gasteiger partial charge in [0, 0.05) is 12.4 Å². The third-order valence-electron chi connectivity index (χ3n) is 8.85. The number of hydrogen-bond acceptors (Lipinski definition) is 1. The molecule has 4 aliphatic rings. The smallest absolute Gasteiger partial charge is 0.0951 e. The zero-order valence-electron chi connectivity index (χ0n) is 15.3. The van der Waals surface area contributed by atoms with Gasteiger partial charge in [-0.05, 0) is 79.4 Å². The van der Waals surface area contributed by atoms with Crippen LogP contribution in [0.2, 0.25) is 0 Å². The van der Waals surface area contributed by atoms with Crippen LogP contribution in [0.25, 0.3) is 0 Å². The predicted octanol–water partition coefficient (Wildman–Crippen LogP) is 5.63. The molecule has 1 heterocycles. The van der Waals surface area contributed by atoms with Crippen LogP contribution in [-0.2, 0) is 0 Å². The molecule has 0 aliphatic heterocycles. The van der Waals surface area contributed by atoms with E-state index in [2.05, 4.69) is 41.7 Å². The number of rotatable bonds is 1. The Balaban J connectivity index is 1.47. The van der Waals surface area contributed by atoms with Crippen molar-refractivity contribution in [1.29, 1.82) is 0 Å². The Bertz CT molecular complexity index is 632. The molecule has 0 aromatic carbocycles. The average Bonchev–Trinajstić information content (AvgIpc) is 3.22. The first-order valence-electron chi connectivity index (χ1n) is 10.3. The Kier molecular flexibility index (Phi) is 3.31. The van der Waals surface area contributed by atoms with Crippen LogP contribution in [-0.4, -0.2) is 9.55 Å². The van der Waals surface area contributed by atoms with E-state index in [-0.39, 0.29) is 0 Å². The molecular formula is C22H32N2. The van der Waals surface area contributed by atoms with E-state index in [1.54, 1.807) is 0 Å². The Morgan fingerprint density at radius 3 is 2.75 bits per heavy atom. The molecule has 0 spiro atoms. The Morgan fingerprint density at radius 1 is 1.00 bits per heavy atom. The lowest BCUT2D eigenvalue weighted by molar-refractivity contribution is -0.0856. The fraction of sp³-hybridized carbons (Fsp3) is 0.773. The largest absolute Gasteiger partial charge is 0.331 e. The minimum Gasteiger partial charge on any atom is -0.331 e. The summed E-state index contributed by atoms with van der Waals surface area (Å²) < 4.78 is 2.32. The Morgan fingerprint density at radius 2 is 1.92 bits per heavy atom. The summed E-state index contributed by atoms with van der Waals surface area (Å²) in [4.78, 5) is 4.29. The van der Waals surface area contributed by atoms with Crippen molar-refractivity contribution < 1.29 is 0 Å². The highest BCUT2D eigenvalue weighted by atomic mass is 15.0. The van der Waals surface area contributed by atoms with Crippen LogP contribution in [0.5, 0.6) is 0 Å². The zero-order valence-corrected chi connectivity index (χ0v) is 15.3. The Labute approximate surface area is 146 Å². The standard InChI is InChI=1S/C22H32N2/c1-21-10-3-4-19(21)18-8-6-16-5-7-17(24-13-12-23-15-24)14-22(16,2)20(18)9-11-21/h5,7,12-13,15-20H,3-4,6,8-11,14H2,1-2H3/t16?,17?,18-,19-,20-,21-,22-/m0/s1. The van der Waals surface area contributed by atoms with Gasteiger partial charge in [-0.1, -0.05) is 32.4 Å². The third kappa shape index (κ3) is 2.04. The van der Waals surface area contributed by atoms with Gasteiger partial charge in [0.2, 0.25) is 0 Å². The van der Waals surface area contributed by atoms with Crippen LogP contribution < -0.4 is 0 Å². The molecule has 2 heteroatoms. The lowest BCUT2D eigenvalue weighted by atomic mass is 9.46. The summed E-state index contributed by atoms with van der Waals surface area (Å²) in [5, 5.41) is 0. The van der Waals surface area contributed by atoms with Gasteiger partial charge in [0.1, 0.15) is 0 Å². The third-order valence-corrected chi connectivity index (χ3v) is 8.85. The maximum Gasteiger partial charge on any atom is 0.0951 e. The molecule has 0 amide bonds. The van der Waals surface area contributed by atoms with E-state index in [1.807, 2.05) is 12.5 Å².